The molecule has 0 bridgehead atoms. The monoisotopic (exact) mass is 234 g/mol. The molecule has 0 fully saturated rings. The topological polar surface area (TPSA) is 32.6 Å². The summed E-state index contributed by atoms with van der Waals surface area (Å²) in [7, 11) is 2.01. The predicted molar refractivity (Wildman–Crippen MR) is 69.2 cm³/mol. The van der Waals surface area contributed by atoms with Gasteiger partial charge in [-0.15, -0.1) is 0 Å². The van der Waals surface area contributed by atoms with Gasteiger partial charge in [-0.1, -0.05) is 18.2 Å². The van der Waals surface area contributed by atoms with E-state index in [1.54, 1.807) is 0 Å². The molecule has 1 heterocycles. The number of aromatic nitrogens is 2. The van der Waals surface area contributed by atoms with Crippen LogP contribution in [-0.4, -0.2) is 4.57 Å². The lowest BCUT2D eigenvalue weighted by Crippen LogP contribution is -2.25. The second kappa shape index (κ2) is 4.01. The summed E-state index contributed by atoms with van der Waals surface area (Å²) >= 11 is 0. The summed E-state index contributed by atoms with van der Waals surface area (Å²) in [6.45, 7) is 0. The van der Waals surface area contributed by atoms with Crippen LogP contribution in [0.2, 0.25) is 0 Å². The summed E-state index contributed by atoms with van der Waals surface area (Å²) in [4.78, 5) is 0. The Hall–Kier alpha value is -2.60. The maximum atomic E-state index is 9.00. The van der Waals surface area contributed by atoms with E-state index in [1.165, 1.54) is 0 Å². The normalized spacial score (nSPS) is 10.4. The molecule has 3 heteroatoms. The fourth-order valence-electron chi connectivity index (χ4n) is 2.18. The van der Waals surface area contributed by atoms with Crippen molar-refractivity contribution in [2.75, 3.05) is 0 Å². The maximum Gasteiger partial charge on any atom is 0.249 e. The fourth-order valence-corrected chi connectivity index (χ4v) is 2.18. The van der Waals surface area contributed by atoms with Crippen LogP contribution in [-0.2, 0) is 7.05 Å². The van der Waals surface area contributed by atoms with Crippen LogP contribution < -0.4 is 4.57 Å². The second-order valence-electron chi connectivity index (χ2n) is 4.25. The number of aryl methyl sites for hydroxylation is 1. The van der Waals surface area contributed by atoms with Crippen molar-refractivity contribution in [3.63, 3.8) is 0 Å². The molecule has 3 nitrogen and oxygen atoms in total. The van der Waals surface area contributed by atoms with Crippen molar-refractivity contribution in [1.29, 1.82) is 5.26 Å². The van der Waals surface area contributed by atoms with E-state index in [9.17, 15) is 0 Å². The molecule has 86 valence electrons. The maximum absolute atomic E-state index is 9.00. The van der Waals surface area contributed by atoms with Crippen molar-refractivity contribution in [3.05, 3.63) is 60.4 Å². The molecule has 0 radical (unpaired) electrons. The first kappa shape index (κ1) is 10.5. The highest BCUT2D eigenvalue weighted by Crippen LogP contribution is 2.17. The van der Waals surface area contributed by atoms with E-state index >= 15 is 0 Å². The zero-order chi connectivity index (χ0) is 12.5. The van der Waals surface area contributed by atoms with Crippen molar-refractivity contribution in [3.8, 4) is 11.8 Å². The van der Waals surface area contributed by atoms with Gasteiger partial charge in [0.1, 0.15) is 5.69 Å². The number of para-hydroxylation sites is 1. The van der Waals surface area contributed by atoms with Gasteiger partial charge < -0.3 is 0 Å². The van der Waals surface area contributed by atoms with E-state index in [0.29, 0.717) is 5.56 Å². The van der Waals surface area contributed by atoms with Crippen LogP contribution >= 0.6 is 0 Å². The van der Waals surface area contributed by atoms with Gasteiger partial charge in [0.05, 0.1) is 18.7 Å². The van der Waals surface area contributed by atoms with Gasteiger partial charge in [0.15, 0.2) is 11.0 Å². The van der Waals surface area contributed by atoms with Gasteiger partial charge in [0, 0.05) is 6.07 Å². The van der Waals surface area contributed by atoms with Crippen molar-refractivity contribution < 1.29 is 4.57 Å². The van der Waals surface area contributed by atoms with E-state index in [4.69, 9.17) is 5.26 Å². The summed E-state index contributed by atoms with van der Waals surface area (Å²) in [6.07, 6.45) is 2.03. The largest absolute Gasteiger partial charge is 0.249 e. The van der Waals surface area contributed by atoms with Gasteiger partial charge in [-0.25, -0.2) is 4.57 Å². The Labute approximate surface area is 105 Å². The number of benzene rings is 2. The van der Waals surface area contributed by atoms with Gasteiger partial charge in [-0.3, -0.25) is 0 Å². The molecule has 0 aliphatic heterocycles. The molecule has 0 unspecified atom stereocenters. The third-order valence-electron chi connectivity index (χ3n) is 3.07. The molecule has 18 heavy (non-hydrogen) atoms. The van der Waals surface area contributed by atoms with Crippen molar-refractivity contribution in [1.82, 2.24) is 4.57 Å². The van der Waals surface area contributed by atoms with Crippen molar-refractivity contribution in [2.24, 2.45) is 7.05 Å². The number of hydrogen-bond donors (Lipinski definition) is 0. The van der Waals surface area contributed by atoms with Gasteiger partial charge in [-0.2, -0.15) is 9.83 Å². The molecule has 0 N–H and O–H groups in total. The highest BCUT2D eigenvalue weighted by Gasteiger charge is 2.15. The first-order chi connectivity index (χ1) is 8.79. The Morgan fingerprint density at radius 1 is 1.11 bits per heavy atom. The van der Waals surface area contributed by atoms with E-state index in [1.807, 2.05) is 49.8 Å². The number of nitriles is 1. The molecule has 3 rings (SSSR count). The number of fused-ring (bicyclic) bond motifs is 1. The molecule has 0 saturated heterocycles. The van der Waals surface area contributed by atoms with Crippen LogP contribution in [0.15, 0.2) is 54.9 Å². The number of rotatable bonds is 1. The molecule has 0 spiro atoms. The smallest absolute Gasteiger partial charge is 0.232 e. The van der Waals surface area contributed by atoms with Crippen LogP contribution in [0.25, 0.3) is 16.7 Å². The summed E-state index contributed by atoms with van der Waals surface area (Å²) in [5.74, 6) is 0. The standard InChI is InChI=1S/C15H12N3/c1-17-11-18(13-5-3-2-4-6-13)15-9-12(10-16)7-8-14(15)17/h2-9,11H,1H3/q+1. The van der Waals surface area contributed by atoms with E-state index < -0.39 is 0 Å². The lowest BCUT2D eigenvalue weighted by molar-refractivity contribution is -0.645. The van der Waals surface area contributed by atoms with Crippen LogP contribution in [0.1, 0.15) is 5.56 Å². The lowest BCUT2D eigenvalue weighted by atomic mass is 10.2. The quantitative estimate of drug-likeness (QED) is 0.595. The Balaban J connectivity index is 2.33. The first-order valence-electron chi connectivity index (χ1n) is 5.76. The molecular weight excluding hydrogens is 222 g/mol. The zero-order valence-electron chi connectivity index (χ0n) is 10.0. The minimum Gasteiger partial charge on any atom is -0.232 e. The van der Waals surface area contributed by atoms with Gasteiger partial charge >= 0.3 is 0 Å². The van der Waals surface area contributed by atoms with E-state index in [0.717, 1.165) is 16.7 Å². The van der Waals surface area contributed by atoms with Crippen molar-refractivity contribution in [2.45, 2.75) is 0 Å². The summed E-state index contributed by atoms with van der Waals surface area (Å²) in [5, 5.41) is 9.00. The Bertz CT molecular complexity index is 748. The highest BCUT2D eigenvalue weighted by atomic mass is 15.1. The van der Waals surface area contributed by atoms with Crippen LogP contribution in [0, 0.1) is 11.3 Å². The third-order valence-corrected chi connectivity index (χ3v) is 3.07. The Morgan fingerprint density at radius 2 is 1.89 bits per heavy atom. The molecule has 0 saturated carbocycles. The number of imidazole rings is 1. The second-order valence-corrected chi connectivity index (χ2v) is 4.25. The summed E-state index contributed by atoms with van der Waals surface area (Å²) in [6, 6.07) is 18.1. The Morgan fingerprint density at radius 3 is 2.61 bits per heavy atom. The summed E-state index contributed by atoms with van der Waals surface area (Å²) in [5.41, 5.74) is 3.93. The highest BCUT2D eigenvalue weighted by molar-refractivity contribution is 5.75. The molecule has 1 aromatic heterocycles. The van der Waals surface area contributed by atoms with E-state index in [-0.39, 0.29) is 0 Å². The van der Waals surface area contributed by atoms with Crippen LogP contribution in [0.4, 0.5) is 0 Å². The number of hydrogen-bond acceptors (Lipinski definition) is 1. The molecule has 0 atom stereocenters. The Kier molecular flexibility index (Phi) is 2.35. The molecule has 0 aliphatic rings. The van der Waals surface area contributed by atoms with Crippen LogP contribution in [0.3, 0.4) is 0 Å². The van der Waals surface area contributed by atoms with Gasteiger partial charge in [0.2, 0.25) is 6.33 Å². The van der Waals surface area contributed by atoms with Gasteiger partial charge in [0.25, 0.3) is 0 Å². The predicted octanol–water partition coefficient (Wildman–Crippen LogP) is 2.33. The van der Waals surface area contributed by atoms with Crippen molar-refractivity contribution >= 4 is 11.0 Å². The first-order valence-corrected chi connectivity index (χ1v) is 5.76. The average Bonchev–Trinajstić information content (AvgIpc) is 2.76. The SMILES string of the molecule is C[n+]1cn(-c2ccccc2)c2cc(C#N)ccc21. The van der Waals surface area contributed by atoms with E-state index in [2.05, 4.69) is 27.3 Å². The number of nitrogens with zero attached hydrogens (tertiary/aromatic N) is 3. The molecule has 0 amide bonds. The average molecular weight is 234 g/mol. The summed E-state index contributed by atoms with van der Waals surface area (Å²) < 4.78 is 4.15. The third kappa shape index (κ3) is 1.56. The van der Waals surface area contributed by atoms with Crippen LogP contribution in [0.5, 0.6) is 0 Å². The minimum absolute atomic E-state index is 0.679. The molecule has 0 aliphatic carbocycles. The van der Waals surface area contributed by atoms with Gasteiger partial charge in [-0.05, 0) is 24.3 Å². The zero-order valence-corrected chi connectivity index (χ0v) is 10.0. The molecule has 2 aromatic carbocycles. The fraction of sp³-hybridized carbons (Fsp3) is 0.0667. The molecular formula is C15H12N3+. The molecule has 3 aromatic rings. The lowest BCUT2D eigenvalue weighted by Gasteiger charge is -1.96. The minimum atomic E-state index is 0.679.